The van der Waals surface area contributed by atoms with Gasteiger partial charge < -0.3 is 0 Å². The van der Waals surface area contributed by atoms with Gasteiger partial charge in [-0.05, 0) is 23.5 Å². The van der Waals surface area contributed by atoms with E-state index in [4.69, 9.17) is 11.6 Å². The number of hydrogen-bond donors (Lipinski definition) is 0. The number of halogens is 2. The largest absolute Gasteiger partial charge is 0.205 e. The van der Waals surface area contributed by atoms with Crippen LogP contribution in [0.2, 0.25) is 5.02 Å². The van der Waals surface area contributed by atoms with Gasteiger partial charge in [0.2, 0.25) is 0 Å². The summed E-state index contributed by atoms with van der Waals surface area (Å²) in [5.41, 5.74) is 2.06. The van der Waals surface area contributed by atoms with Gasteiger partial charge in [0.15, 0.2) is 0 Å². The first-order valence-electron chi connectivity index (χ1n) is 4.86. The summed E-state index contributed by atoms with van der Waals surface area (Å²) >= 11 is 7.03. The Labute approximate surface area is 102 Å². The van der Waals surface area contributed by atoms with Crippen LogP contribution in [0.3, 0.4) is 0 Å². The first-order chi connectivity index (χ1) is 7.61. The normalized spacial score (nSPS) is 11.1. The van der Waals surface area contributed by atoms with Crippen molar-refractivity contribution in [3.05, 3.63) is 33.9 Å². The summed E-state index contributed by atoms with van der Waals surface area (Å²) in [5, 5.41) is 5.91. The highest BCUT2D eigenvalue weighted by atomic mass is 35.5. The molecule has 84 valence electrons. The van der Waals surface area contributed by atoms with Crippen molar-refractivity contribution in [2.45, 2.75) is 19.8 Å². The van der Waals surface area contributed by atoms with Crippen molar-refractivity contribution in [3.63, 3.8) is 0 Å². The van der Waals surface area contributed by atoms with Gasteiger partial charge in [-0.25, -0.2) is 4.39 Å². The van der Waals surface area contributed by atoms with E-state index in [-0.39, 0.29) is 16.8 Å². The van der Waals surface area contributed by atoms with Gasteiger partial charge in [-0.3, -0.25) is 0 Å². The van der Waals surface area contributed by atoms with E-state index in [0.717, 1.165) is 5.56 Å². The summed E-state index contributed by atoms with van der Waals surface area (Å²) < 4.78 is 17.7. The summed E-state index contributed by atoms with van der Waals surface area (Å²) in [7, 11) is 0. The molecule has 0 spiro atoms. The zero-order valence-electron chi connectivity index (χ0n) is 8.87. The zero-order chi connectivity index (χ0) is 11.7. The molecule has 2 aromatic rings. The molecule has 0 bridgehead atoms. The van der Waals surface area contributed by atoms with Crippen molar-refractivity contribution < 1.29 is 4.39 Å². The third kappa shape index (κ3) is 1.95. The molecule has 0 saturated heterocycles. The van der Waals surface area contributed by atoms with Crippen LogP contribution < -0.4 is 0 Å². The van der Waals surface area contributed by atoms with Gasteiger partial charge in [-0.15, -0.1) is 5.10 Å². The highest BCUT2D eigenvalue weighted by molar-refractivity contribution is 7.03. The van der Waals surface area contributed by atoms with E-state index < -0.39 is 0 Å². The Bertz CT molecular complexity index is 497. The van der Waals surface area contributed by atoms with Crippen LogP contribution >= 0.6 is 23.1 Å². The fraction of sp³-hybridized carbons (Fsp3) is 0.273. The van der Waals surface area contributed by atoms with Crippen LogP contribution in [0.25, 0.3) is 11.3 Å². The predicted molar refractivity (Wildman–Crippen MR) is 64.4 cm³/mol. The van der Waals surface area contributed by atoms with Gasteiger partial charge in [0.25, 0.3) is 0 Å². The average Bonchev–Trinajstić information content (AvgIpc) is 2.74. The molecule has 0 amide bonds. The summed E-state index contributed by atoms with van der Waals surface area (Å²) in [6.45, 7) is 3.86. The molecule has 16 heavy (non-hydrogen) atoms. The number of benzene rings is 1. The lowest BCUT2D eigenvalue weighted by Crippen LogP contribution is -1.98. The van der Waals surface area contributed by atoms with Crippen molar-refractivity contribution in [1.82, 2.24) is 9.59 Å². The molecule has 2 nitrogen and oxygen atoms in total. The maximum Gasteiger partial charge on any atom is 0.145 e. The third-order valence-corrected chi connectivity index (χ3v) is 3.14. The first kappa shape index (κ1) is 11.5. The van der Waals surface area contributed by atoms with Gasteiger partial charge >= 0.3 is 0 Å². The maximum atomic E-state index is 13.9. The minimum atomic E-state index is -0.359. The third-order valence-electron chi connectivity index (χ3n) is 2.35. The first-order valence-corrected chi connectivity index (χ1v) is 6.08. The molecular formula is C11H10ClFN2S. The monoisotopic (exact) mass is 256 g/mol. The number of hydrogen-bond acceptors (Lipinski definition) is 3. The fourth-order valence-corrected chi connectivity index (χ4v) is 2.26. The molecule has 0 fully saturated rings. The smallest absolute Gasteiger partial charge is 0.145 e. The fourth-order valence-electron chi connectivity index (χ4n) is 1.64. The Morgan fingerprint density at radius 3 is 2.69 bits per heavy atom. The second-order valence-corrected chi connectivity index (χ2v) is 4.78. The minimum absolute atomic E-state index is 0.0513. The van der Waals surface area contributed by atoms with Crippen molar-refractivity contribution in [2.24, 2.45) is 0 Å². The molecular weight excluding hydrogens is 247 g/mol. The summed E-state index contributed by atoms with van der Waals surface area (Å²) in [4.78, 5) is 0. The second kappa shape index (κ2) is 4.47. The average molecular weight is 257 g/mol. The molecule has 1 heterocycles. The Morgan fingerprint density at radius 1 is 1.38 bits per heavy atom. The quantitative estimate of drug-likeness (QED) is 0.808. The van der Waals surface area contributed by atoms with E-state index in [9.17, 15) is 4.39 Å². The van der Waals surface area contributed by atoms with Crippen LogP contribution in [-0.2, 0) is 0 Å². The maximum absolute atomic E-state index is 13.9. The number of nitrogens with zero attached hydrogens (tertiary/aromatic N) is 2. The molecule has 0 N–H and O–H groups in total. The molecule has 2 rings (SSSR count). The SMILES string of the molecule is CC(C)c1c(-c2csnn2)ccc(Cl)c1F. The van der Waals surface area contributed by atoms with Gasteiger partial charge in [-0.2, -0.15) is 0 Å². The van der Waals surface area contributed by atoms with Crippen LogP contribution in [0.5, 0.6) is 0 Å². The van der Waals surface area contributed by atoms with E-state index in [1.54, 1.807) is 17.5 Å². The molecule has 0 aliphatic carbocycles. The highest BCUT2D eigenvalue weighted by Crippen LogP contribution is 2.33. The molecule has 0 saturated carbocycles. The Morgan fingerprint density at radius 2 is 2.12 bits per heavy atom. The van der Waals surface area contributed by atoms with Gasteiger partial charge in [0.1, 0.15) is 11.5 Å². The lowest BCUT2D eigenvalue weighted by Gasteiger charge is -2.12. The molecule has 1 aromatic heterocycles. The van der Waals surface area contributed by atoms with Crippen LogP contribution in [0.15, 0.2) is 17.5 Å². The van der Waals surface area contributed by atoms with Crippen molar-refractivity contribution in [1.29, 1.82) is 0 Å². The Hall–Kier alpha value is -1.000. The Balaban J connectivity index is 2.66. The molecule has 0 aliphatic heterocycles. The summed E-state index contributed by atoms with van der Waals surface area (Å²) in [6, 6.07) is 3.34. The lowest BCUT2D eigenvalue weighted by molar-refractivity contribution is 0.599. The number of rotatable bonds is 2. The van der Waals surface area contributed by atoms with Gasteiger partial charge in [0.05, 0.1) is 5.02 Å². The minimum Gasteiger partial charge on any atom is -0.205 e. The lowest BCUT2D eigenvalue weighted by atomic mass is 9.95. The zero-order valence-corrected chi connectivity index (χ0v) is 10.4. The van der Waals surface area contributed by atoms with E-state index >= 15 is 0 Å². The van der Waals surface area contributed by atoms with Crippen LogP contribution in [0.4, 0.5) is 4.39 Å². The van der Waals surface area contributed by atoms with Crippen molar-refractivity contribution in [2.75, 3.05) is 0 Å². The summed E-state index contributed by atoms with van der Waals surface area (Å²) in [5.74, 6) is -0.308. The van der Waals surface area contributed by atoms with Crippen molar-refractivity contribution in [3.8, 4) is 11.3 Å². The highest BCUT2D eigenvalue weighted by Gasteiger charge is 2.17. The molecule has 1 aromatic carbocycles. The summed E-state index contributed by atoms with van der Waals surface area (Å²) in [6.07, 6.45) is 0. The topological polar surface area (TPSA) is 25.8 Å². The van der Waals surface area contributed by atoms with Crippen LogP contribution in [0, 0.1) is 5.82 Å². The van der Waals surface area contributed by atoms with E-state index in [2.05, 4.69) is 9.59 Å². The molecule has 0 unspecified atom stereocenters. The second-order valence-electron chi connectivity index (χ2n) is 3.77. The van der Waals surface area contributed by atoms with Crippen LogP contribution in [-0.4, -0.2) is 9.59 Å². The predicted octanol–water partition coefficient (Wildman–Crippen LogP) is 4.12. The van der Waals surface area contributed by atoms with Crippen LogP contribution in [0.1, 0.15) is 25.3 Å². The molecule has 0 atom stereocenters. The van der Waals surface area contributed by atoms with E-state index in [0.29, 0.717) is 11.3 Å². The van der Waals surface area contributed by atoms with Gasteiger partial charge in [-0.1, -0.05) is 36.0 Å². The Kier molecular flexibility index (Phi) is 3.21. The molecule has 0 radical (unpaired) electrons. The van der Waals surface area contributed by atoms with E-state index in [1.807, 2.05) is 13.8 Å². The standard InChI is InChI=1S/C11H10ClFN2S/c1-6(2)10-7(9-5-16-15-14-9)3-4-8(12)11(10)13/h3-6H,1-2H3. The number of aromatic nitrogens is 2. The van der Waals surface area contributed by atoms with Gasteiger partial charge in [0, 0.05) is 16.5 Å². The van der Waals surface area contributed by atoms with Crippen molar-refractivity contribution >= 4 is 23.1 Å². The van der Waals surface area contributed by atoms with E-state index in [1.165, 1.54) is 11.5 Å². The molecule has 0 aliphatic rings. The molecule has 5 heteroatoms.